The van der Waals surface area contributed by atoms with Crippen molar-refractivity contribution in [2.75, 3.05) is 0 Å². The van der Waals surface area contributed by atoms with E-state index in [1.807, 2.05) is 25.1 Å². The predicted molar refractivity (Wildman–Crippen MR) is 78.0 cm³/mol. The Morgan fingerprint density at radius 3 is 2.44 bits per heavy atom. The van der Waals surface area contributed by atoms with Gasteiger partial charge in [-0.25, -0.2) is 4.39 Å². The van der Waals surface area contributed by atoms with Crippen molar-refractivity contribution in [3.8, 4) is 11.5 Å². The summed E-state index contributed by atoms with van der Waals surface area (Å²) in [7, 11) is 0. The van der Waals surface area contributed by atoms with E-state index in [0.29, 0.717) is 5.75 Å². The summed E-state index contributed by atoms with van der Waals surface area (Å²) in [4.78, 5) is 0. The van der Waals surface area contributed by atoms with E-state index in [0.717, 1.165) is 26.7 Å². The van der Waals surface area contributed by atoms with Crippen LogP contribution in [0.25, 0.3) is 0 Å². The predicted octanol–water partition coefficient (Wildman–Crippen LogP) is 5.58. The van der Waals surface area contributed by atoms with Gasteiger partial charge in [0, 0.05) is 5.33 Å². The van der Waals surface area contributed by atoms with E-state index in [1.165, 1.54) is 12.1 Å². The highest BCUT2D eigenvalue weighted by molar-refractivity contribution is 9.10. The Balaban J connectivity index is 2.28. The Hall–Kier alpha value is -0.870. The van der Waals surface area contributed by atoms with Crippen LogP contribution in [0, 0.1) is 12.7 Å². The summed E-state index contributed by atoms with van der Waals surface area (Å²) < 4.78 is 19.6. The number of alkyl halides is 1. The smallest absolute Gasteiger partial charge is 0.141 e. The second-order valence-corrected chi connectivity index (χ2v) is 5.33. The van der Waals surface area contributed by atoms with Gasteiger partial charge in [0.15, 0.2) is 0 Å². The fourth-order valence-electron chi connectivity index (χ4n) is 1.56. The van der Waals surface area contributed by atoms with E-state index in [-0.39, 0.29) is 5.82 Å². The maximum atomic E-state index is 13.0. The van der Waals surface area contributed by atoms with E-state index in [4.69, 9.17) is 4.74 Å². The third kappa shape index (κ3) is 3.12. The van der Waals surface area contributed by atoms with Crippen molar-refractivity contribution in [2.45, 2.75) is 12.3 Å². The van der Waals surface area contributed by atoms with E-state index in [2.05, 4.69) is 31.9 Å². The van der Waals surface area contributed by atoms with Gasteiger partial charge in [-0.3, -0.25) is 0 Å². The summed E-state index contributed by atoms with van der Waals surface area (Å²) in [6.07, 6.45) is 0. The molecular weight excluding hydrogens is 363 g/mol. The van der Waals surface area contributed by atoms with Gasteiger partial charge in [-0.1, -0.05) is 22.0 Å². The van der Waals surface area contributed by atoms with Crippen molar-refractivity contribution in [3.63, 3.8) is 0 Å². The second kappa shape index (κ2) is 5.85. The number of halogens is 3. The molecule has 0 spiro atoms. The maximum absolute atomic E-state index is 13.0. The molecule has 0 unspecified atom stereocenters. The van der Waals surface area contributed by atoms with Gasteiger partial charge in [0.25, 0.3) is 0 Å². The Kier molecular flexibility index (Phi) is 4.40. The molecule has 0 saturated heterocycles. The molecule has 18 heavy (non-hydrogen) atoms. The zero-order valence-corrected chi connectivity index (χ0v) is 12.9. The van der Waals surface area contributed by atoms with Crippen LogP contribution in [0.4, 0.5) is 4.39 Å². The lowest BCUT2D eigenvalue weighted by atomic mass is 10.2. The van der Waals surface area contributed by atoms with Gasteiger partial charge < -0.3 is 4.74 Å². The number of aryl methyl sites for hydroxylation is 1. The summed E-state index contributed by atoms with van der Waals surface area (Å²) >= 11 is 6.86. The molecule has 0 atom stereocenters. The molecule has 0 aliphatic heterocycles. The molecule has 0 fully saturated rings. The molecule has 94 valence electrons. The molecule has 1 nitrogen and oxygen atoms in total. The lowest BCUT2D eigenvalue weighted by Crippen LogP contribution is -1.90. The number of hydrogen-bond acceptors (Lipinski definition) is 1. The molecule has 0 aliphatic rings. The van der Waals surface area contributed by atoms with Gasteiger partial charge in [-0.15, -0.1) is 0 Å². The zero-order chi connectivity index (χ0) is 13.1. The molecule has 4 heteroatoms. The minimum absolute atomic E-state index is 0.256. The molecule has 2 aromatic rings. The van der Waals surface area contributed by atoms with Crippen LogP contribution in [0.2, 0.25) is 0 Å². The first-order chi connectivity index (χ1) is 8.60. The first-order valence-corrected chi connectivity index (χ1v) is 7.30. The fraction of sp³-hybridized carbons (Fsp3) is 0.143. The Morgan fingerprint density at radius 1 is 1.11 bits per heavy atom. The largest absolute Gasteiger partial charge is 0.456 e. The number of hydrogen-bond donors (Lipinski definition) is 0. The van der Waals surface area contributed by atoms with Gasteiger partial charge in [-0.05, 0) is 64.3 Å². The van der Waals surface area contributed by atoms with E-state index >= 15 is 0 Å². The van der Waals surface area contributed by atoms with Crippen molar-refractivity contribution in [3.05, 3.63) is 57.8 Å². The van der Waals surface area contributed by atoms with E-state index in [1.54, 1.807) is 6.07 Å². The monoisotopic (exact) mass is 372 g/mol. The van der Waals surface area contributed by atoms with Crippen molar-refractivity contribution in [2.24, 2.45) is 0 Å². The number of benzene rings is 2. The molecule has 0 saturated carbocycles. The van der Waals surface area contributed by atoms with Crippen LogP contribution in [-0.2, 0) is 5.33 Å². The average molecular weight is 374 g/mol. The fourth-order valence-corrected chi connectivity index (χ4v) is 2.41. The summed E-state index contributed by atoms with van der Waals surface area (Å²) in [5, 5.41) is 0.793. The second-order valence-electron chi connectivity index (χ2n) is 3.91. The lowest BCUT2D eigenvalue weighted by Gasteiger charge is -2.11. The van der Waals surface area contributed by atoms with Gasteiger partial charge in [-0.2, -0.15) is 0 Å². The van der Waals surface area contributed by atoms with Crippen molar-refractivity contribution in [1.82, 2.24) is 0 Å². The summed E-state index contributed by atoms with van der Waals surface area (Å²) in [6, 6.07) is 10.3. The number of rotatable bonds is 3. The molecule has 2 aromatic carbocycles. The minimum Gasteiger partial charge on any atom is -0.456 e. The standard InChI is InChI=1S/C14H11Br2FO/c1-9-6-11(17)3-5-13(9)18-14-4-2-10(8-15)7-12(14)16/h2-7H,8H2,1H3. The van der Waals surface area contributed by atoms with Crippen LogP contribution in [0.5, 0.6) is 11.5 Å². The molecule has 2 rings (SSSR count). The minimum atomic E-state index is -0.256. The van der Waals surface area contributed by atoms with Gasteiger partial charge in [0.05, 0.1) is 4.47 Å². The highest BCUT2D eigenvalue weighted by Crippen LogP contribution is 2.32. The molecule has 0 aromatic heterocycles. The summed E-state index contributed by atoms with van der Waals surface area (Å²) in [5.74, 6) is 1.12. The van der Waals surface area contributed by atoms with Crippen LogP contribution in [0.15, 0.2) is 40.9 Å². The van der Waals surface area contributed by atoms with Crippen molar-refractivity contribution in [1.29, 1.82) is 0 Å². The molecule has 0 radical (unpaired) electrons. The third-order valence-corrected chi connectivity index (χ3v) is 3.77. The quantitative estimate of drug-likeness (QED) is 0.637. The molecule has 0 bridgehead atoms. The van der Waals surface area contributed by atoms with Crippen LogP contribution in [0.1, 0.15) is 11.1 Å². The Labute approximate surface area is 122 Å². The van der Waals surface area contributed by atoms with Crippen LogP contribution < -0.4 is 4.74 Å². The van der Waals surface area contributed by atoms with Crippen molar-refractivity contribution < 1.29 is 9.13 Å². The van der Waals surface area contributed by atoms with Crippen LogP contribution in [0.3, 0.4) is 0 Å². The maximum Gasteiger partial charge on any atom is 0.141 e. The zero-order valence-electron chi connectivity index (χ0n) is 9.71. The molecule has 0 heterocycles. The topological polar surface area (TPSA) is 9.23 Å². The lowest BCUT2D eigenvalue weighted by molar-refractivity contribution is 0.473. The van der Waals surface area contributed by atoms with Gasteiger partial charge in [0.1, 0.15) is 17.3 Å². The molecule has 0 aliphatic carbocycles. The summed E-state index contributed by atoms with van der Waals surface area (Å²) in [5.41, 5.74) is 1.93. The first kappa shape index (κ1) is 13.6. The average Bonchev–Trinajstić information content (AvgIpc) is 2.34. The Bertz CT molecular complexity index is 570. The third-order valence-electron chi connectivity index (χ3n) is 2.51. The molecule has 0 amide bonds. The Morgan fingerprint density at radius 2 is 1.83 bits per heavy atom. The normalized spacial score (nSPS) is 10.4. The highest BCUT2D eigenvalue weighted by atomic mass is 79.9. The number of ether oxygens (including phenoxy) is 1. The van der Waals surface area contributed by atoms with Gasteiger partial charge >= 0.3 is 0 Å². The van der Waals surface area contributed by atoms with Crippen LogP contribution in [-0.4, -0.2) is 0 Å². The molecule has 0 N–H and O–H groups in total. The molecular formula is C14H11Br2FO. The van der Waals surface area contributed by atoms with E-state index in [9.17, 15) is 4.39 Å². The van der Waals surface area contributed by atoms with Gasteiger partial charge in [0.2, 0.25) is 0 Å². The van der Waals surface area contributed by atoms with E-state index < -0.39 is 0 Å². The highest BCUT2D eigenvalue weighted by Gasteiger charge is 2.06. The summed E-state index contributed by atoms with van der Waals surface area (Å²) in [6.45, 7) is 1.82. The van der Waals surface area contributed by atoms with Crippen LogP contribution >= 0.6 is 31.9 Å². The first-order valence-electron chi connectivity index (χ1n) is 5.38. The van der Waals surface area contributed by atoms with Crippen molar-refractivity contribution >= 4 is 31.9 Å². The SMILES string of the molecule is Cc1cc(F)ccc1Oc1ccc(CBr)cc1Br.